The third kappa shape index (κ3) is 4.85. The monoisotopic (exact) mass is 373 g/mol. The van der Waals surface area contributed by atoms with Gasteiger partial charge in [-0.15, -0.1) is 12.4 Å². The first-order valence-corrected chi connectivity index (χ1v) is 8.12. The molecule has 1 aromatic rings. The molecule has 7 heteroatoms. The molecule has 0 saturated carbocycles. The summed E-state index contributed by atoms with van der Waals surface area (Å²) in [6, 6.07) is 7.09. The first-order chi connectivity index (χ1) is 10.7. The summed E-state index contributed by atoms with van der Waals surface area (Å²) >= 11 is 5.88. The predicted molar refractivity (Wildman–Crippen MR) is 99.6 cm³/mol. The Morgan fingerprint density at radius 3 is 2.50 bits per heavy atom. The number of hydrogen-bond donors (Lipinski definition) is 1. The topological polar surface area (TPSA) is 66.6 Å². The van der Waals surface area contributed by atoms with Crippen molar-refractivity contribution < 1.29 is 9.59 Å². The highest BCUT2D eigenvalue weighted by atomic mass is 35.5. The quantitative estimate of drug-likeness (QED) is 0.862. The zero-order chi connectivity index (χ0) is 17.2. The molecule has 0 spiro atoms. The Morgan fingerprint density at radius 2 is 1.96 bits per heavy atom. The van der Waals surface area contributed by atoms with E-state index in [4.69, 9.17) is 17.3 Å². The number of halogens is 2. The number of nitrogens with two attached hydrogens (primary N) is 1. The number of anilines is 1. The second kappa shape index (κ2) is 8.19. The maximum Gasteiger partial charge on any atom is 0.227 e. The van der Waals surface area contributed by atoms with Crippen molar-refractivity contribution in [2.24, 2.45) is 17.1 Å². The Hall–Kier alpha value is -1.30. The van der Waals surface area contributed by atoms with Crippen LogP contribution < -0.4 is 10.6 Å². The fourth-order valence-electron chi connectivity index (χ4n) is 2.84. The lowest BCUT2D eigenvalue weighted by atomic mass is 9.92. The van der Waals surface area contributed by atoms with E-state index in [1.807, 2.05) is 13.8 Å². The Morgan fingerprint density at radius 1 is 1.38 bits per heavy atom. The zero-order valence-corrected chi connectivity index (χ0v) is 15.9. The van der Waals surface area contributed by atoms with Crippen molar-refractivity contribution in [3.63, 3.8) is 0 Å². The number of benzene rings is 1. The summed E-state index contributed by atoms with van der Waals surface area (Å²) in [4.78, 5) is 28.2. The molecule has 1 atom stereocenters. The molecule has 1 aromatic carbocycles. The molecule has 2 amide bonds. The molecule has 0 radical (unpaired) electrons. The molecular weight excluding hydrogens is 349 g/mol. The smallest absolute Gasteiger partial charge is 0.227 e. The van der Waals surface area contributed by atoms with Crippen molar-refractivity contribution >= 4 is 41.5 Å². The van der Waals surface area contributed by atoms with Gasteiger partial charge in [-0.2, -0.15) is 0 Å². The van der Waals surface area contributed by atoms with E-state index in [9.17, 15) is 9.59 Å². The second-order valence-electron chi connectivity index (χ2n) is 6.94. The van der Waals surface area contributed by atoms with Crippen LogP contribution in [0.15, 0.2) is 24.3 Å². The van der Waals surface area contributed by atoms with Gasteiger partial charge in [0.05, 0.1) is 5.92 Å². The minimum atomic E-state index is -0.309. The van der Waals surface area contributed by atoms with Gasteiger partial charge in [-0.25, -0.2) is 0 Å². The van der Waals surface area contributed by atoms with E-state index in [0.29, 0.717) is 24.7 Å². The summed E-state index contributed by atoms with van der Waals surface area (Å²) in [5.74, 6) is -0.342. The molecule has 134 valence electrons. The Bertz CT molecular complexity index is 590. The molecule has 1 aliphatic heterocycles. The third-order valence-corrected chi connectivity index (χ3v) is 4.46. The van der Waals surface area contributed by atoms with E-state index in [0.717, 1.165) is 5.69 Å². The Labute approximate surface area is 154 Å². The van der Waals surface area contributed by atoms with Gasteiger partial charge in [0, 0.05) is 37.3 Å². The summed E-state index contributed by atoms with van der Waals surface area (Å²) in [6.07, 6.45) is 0.245. The molecule has 24 heavy (non-hydrogen) atoms. The van der Waals surface area contributed by atoms with Gasteiger partial charge < -0.3 is 15.5 Å². The largest absolute Gasteiger partial charge is 0.345 e. The van der Waals surface area contributed by atoms with Gasteiger partial charge in [0.2, 0.25) is 11.8 Å². The van der Waals surface area contributed by atoms with Crippen LogP contribution in [0.3, 0.4) is 0 Å². The second-order valence-corrected chi connectivity index (χ2v) is 7.38. The summed E-state index contributed by atoms with van der Waals surface area (Å²) in [6.45, 7) is 5.54. The first-order valence-electron chi connectivity index (χ1n) is 7.74. The van der Waals surface area contributed by atoms with Crippen molar-refractivity contribution in [2.45, 2.75) is 20.3 Å². The summed E-state index contributed by atoms with van der Waals surface area (Å²) in [5, 5.41) is 0.622. The van der Waals surface area contributed by atoms with Crippen LogP contribution in [0.5, 0.6) is 0 Å². The molecule has 0 aliphatic carbocycles. The van der Waals surface area contributed by atoms with Crippen molar-refractivity contribution in [1.29, 1.82) is 0 Å². The van der Waals surface area contributed by atoms with Gasteiger partial charge >= 0.3 is 0 Å². The van der Waals surface area contributed by atoms with Crippen LogP contribution in [0.25, 0.3) is 0 Å². The highest BCUT2D eigenvalue weighted by Crippen LogP contribution is 2.27. The van der Waals surface area contributed by atoms with E-state index in [2.05, 4.69) is 0 Å². The van der Waals surface area contributed by atoms with E-state index >= 15 is 0 Å². The van der Waals surface area contributed by atoms with Crippen LogP contribution in [0, 0.1) is 11.3 Å². The predicted octanol–water partition coefficient (Wildman–Crippen LogP) is 2.56. The zero-order valence-electron chi connectivity index (χ0n) is 14.3. The number of carbonyl (C=O) groups excluding carboxylic acids is 2. The number of carbonyl (C=O) groups is 2. The SMILES string of the molecule is CN(CC(C)(C)CN)C(=O)C1CC(=O)N(c2ccc(Cl)cc2)C1.Cl. The van der Waals surface area contributed by atoms with Crippen molar-refractivity contribution in [2.75, 3.05) is 31.6 Å². The molecule has 1 heterocycles. The number of nitrogens with zero attached hydrogens (tertiary/aromatic N) is 2. The van der Waals surface area contributed by atoms with Crippen LogP contribution in [-0.4, -0.2) is 43.4 Å². The summed E-state index contributed by atoms with van der Waals surface area (Å²) in [7, 11) is 1.77. The lowest BCUT2D eigenvalue weighted by Gasteiger charge is -2.30. The average molecular weight is 374 g/mol. The lowest BCUT2D eigenvalue weighted by Crippen LogP contribution is -2.42. The van der Waals surface area contributed by atoms with Crippen LogP contribution in [0.2, 0.25) is 5.02 Å². The van der Waals surface area contributed by atoms with Crippen LogP contribution in [0.1, 0.15) is 20.3 Å². The van der Waals surface area contributed by atoms with E-state index in [-0.39, 0.29) is 42.0 Å². The summed E-state index contributed by atoms with van der Waals surface area (Å²) in [5.41, 5.74) is 6.37. The van der Waals surface area contributed by atoms with Gasteiger partial charge in [-0.3, -0.25) is 9.59 Å². The molecule has 2 rings (SSSR count). The molecule has 5 nitrogen and oxygen atoms in total. The van der Waals surface area contributed by atoms with Crippen LogP contribution >= 0.6 is 24.0 Å². The molecule has 1 saturated heterocycles. The molecule has 1 unspecified atom stereocenters. The molecule has 0 aromatic heterocycles. The van der Waals surface area contributed by atoms with E-state index in [1.54, 1.807) is 41.1 Å². The van der Waals surface area contributed by atoms with Crippen LogP contribution in [0.4, 0.5) is 5.69 Å². The number of hydrogen-bond acceptors (Lipinski definition) is 3. The minimum absolute atomic E-state index is 0. The standard InChI is InChI=1S/C17H24ClN3O2.ClH/c1-17(2,10-19)11-20(3)16(23)12-8-15(22)21(9-12)14-6-4-13(18)5-7-14;/h4-7,12H,8-11,19H2,1-3H3;1H. The highest BCUT2D eigenvalue weighted by Gasteiger charge is 2.37. The van der Waals surface area contributed by atoms with Gasteiger partial charge in [-0.05, 0) is 36.2 Å². The highest BCUT2D eigenvalue weighted by molar-refractivity contribution is 6.30. The lowest BCUT2D eigenvalue weighted by molar-refractivity contribution is -0.135. The normalized spacial score (nSPS) is 17.6. The first kappa shape index (κ1) is 20.7. The van der Waals surface area contributed by atoms with Gasteiger partial charge in [0.15, 0.2) is 0 Å². The number of amides is 2. The van der Waals surface area contributed by atoms with Crippen molar-refractivity contribution in [3.05, 3.63) is 29.3 Å². The average Bonchev–Trinajstić information content (AvgIpc) is 2.88. The molecule has 1 fully saturated rings. The third-order valence-electron chi connectivity index (χ3n) is 4.21. The maximum atomic E-state index is 12.6. The number of rotatable bonds is 5. The molecular formula is C17H25Cl2N3O2. The Balaban J connectivity index is 0.00000288. The van der Waals surface area contributed by atoms with Gasteiger partial charge in [0.25, 0.3) is 0 Å². The van der Waals surface area contributed by atoms with Gasteiger partial charge in [-0.1, -0.05) is 25.4 Å². The van der Waals surface area contributed by atoms with E-state index in [1.165, 1.54) is 0 Å². The molecule has 2 N–H and O–H groups in total. The Kier molecular flexibility index (Phi) is 7.08. The molecule has 0 bridgehead atoms. The van der Waals surface area contributed by atoms with Crippen LogP contribution in [-0.2, 0) is 9.59 Å². The molecule has 1 aliphatic rings. The fraction of sp³-hybridized carbons (Fsp3) is 0.529. The van der Waals surface area contributed by atoms with E-state index < -0.39 is 0 Å². The van der Waals surface area contributed by atoms with Crippen molar-refractivity contribution in [1.82, 2.24) is 4.90 Å². The van der Waals surface area contributed by atoms with Crippen molar-refractivity contribution in [3.8, 4) is 0 Å². The van der Waals surface area contributed by atoms with Gasteiger partial charge in [0.1, 0.15) is 0 Å². The fourth-order valence-corrected chi connectivity index (χ4v) is 2.97. The summed E-state index contributed by atoms with van der Waals surface area (Å²) < 4.78 is 0. The maximum absolute atomic E-state index is 12.6. The minimum Gasteiger partial charge on any atom is -0.345 e.